The first-order chi connectivity index (χ1) is 12.1. The maximum atomic E-state index is 4.30. The van der Waals surface area contributed by atoms with Crippen LogP contribution in [-0.4, -0.2) is 4.98 Å². The molecular formula is C21H10Br3N. The van der Waals surface area contributed by atoms with Crippen molar-refractivity contribution in [3.63, 3.8) is 0 Å². The Kier molecular flexibility index (Phi) is 3.63. The van der Waals surface area contributed by atoms with E-state index in [9.17, 15) is 0 Å². The second-order valence-corrected chi connectivity index (χ2v) is 8.62. The molecule has 25 heavy (non-hydrogen) atoms. The lowest BCUT2D eigenvalue weighted by Crippen LogP contribution is -1.90. The van der Waals surface area contributed by atoms with Crippen molar-refractivity contribution in [2.24, 2.45) is 0 Å². The molecule has 1 heterocycles. The van der Waals surface area contributed by atoms with Gasteiger partial charge in [0, 0.05) is 31.4 Å². The van der Waals surface area contributed by atoms with Gasteiger partial charge in [-0.05, 0) is 56.1 Å². The molecule has 5 aromatic rings. The van der Waals surface area contributed by atoms with Gasteiger partial charge in [-0.1, -0.05) is 78.1 Å². The Hall–Kier alpha value is -1.49. The van der Waals surface area contributed by atoms with E-state index in [2.05, 4.69) is 95.2 Å². The molecule has 0 fully saturated rings. The Bertz CT molecular complexity index is 1240. The van der Waals surface area contributed by atoms with Gasteiger partial charge >= 0.3 is 0 Å². The summed E-state index contributed by atoms with van der Waals surface area (Å²) in [6, 6.07) is 17.2. The van der Waals surface area contributed by atoms with Crippen molar-refractivity contribution < 1.29 is 0 Å². The second kappa shape index (κ2) is 5.76. The SMILES string of the molecule is Brc1cc(Br)c2ccc3c(-c4cccnc4)cc(Br)c4ccc1c2c43. The Morgan fingerprint density at radius 1 is 0.640 bits per heavy atom. The van der Waals surface area contributed by atoms with Crippen molar-refractivity contribution in [3.05, 3.63) is 74.3 Å². The highest BCUT2D eigenvalue weighted by Gasteiger charge is 2.17. The molecule has 0 amide bonds. The largest absolute Gasteiger partial charge is 0.264 e. The molecule has 0 aliphatic rings. The summed E-state index contributed by atoms with van der Waals surface area (Å²) in [6.07, 6.45) is 3.73. The normalized spacial score (nSPS) is 11.8. The number of rotatable bonds is 1. The fourth-order valence-corrected chi connectivity index (χ4v) is 5.61. The number of hydrogen-bond acceptors (Lipinski definition) is 1. The van der Waals surface area contributed by atoms with Crippen LogP contribution in [0.1, 0.15) is 0 Å². The van der Waals surface area contributed by atoms with Gasteiger partial charge in [-0.3, -0.25) is 4.98 Å². The van der Waals surface area contributed by atoms with Crippen LogP contribution in [0.3, 0.4) is 0 Å². The van der Waals surface area contributed by atoms with Crippen LogP contribution in [0.5, 0.6) is 0 Å². The van der Waals surface area contributed by atoms with Crippen LogP contribution in [0.15, 0.2) is 74.3 Å². The van der Waals surface area contributed by atoms with Crippen molar-refractivity contribution in [1.29, 1.82) is 0 Å². The molecular weight excluding hydrogens is 506 g/mol. The summed E-state index contributed by atoms with van der Waals surface area (Å²) >= 11 is 11.2. The molecule has 0 atom stereocenters. The quantitative estimate of drug-likeness (QED) is 0.206. The Morgan fingerprint density at radius 2 is 1.20 bits per heavy atom. The van der Waals surface area contributed by atoms with Gasteiger partial charge in [-0.15, -0.1) is 0 Å². The summed E-state index contributed by atoms with van der Waals surface area (Å²) < 4.78 is 3.30. The van der Waals surface area contributed by atoms with Gasteiger partial charge < -0.3 is 0 Å². The molecule has 0 spiro atoms. The van der Waals surface area contributed by atoms with Crippen molar-refractivity contribution in [2.75, 3.05) is 0 Å². The highest BCUT2D eigenvalue weighted by atomic mass is 79.9. The zero-order chi connectivity index (χ0) is 17.1. The summed E-state index contributed by atoms with van der Waals surface area (Å²) in [4.78, 5) is 4.30. The van der Waals surface area contributed by atoms with Crippen LogP contribution in [0, 0.1) is 0 Å². The standard InChI is InChI=1S/C21H10Br3N/c22-17-8-16(11-2-1-7-25-10-11)12-3-4-14-18(23)9-19(24)15-6-5-13(17)20(12)21(14)15/h1-10H. The number of pyridine rings is 1. The smallest absolute Gasteiger partial charge is 0.0346 e. The predicted molar refractivity (Wildman–Crippen MR) is 116 cm³/mol. The van der Waals surface area contributed by atoms with Crippen molar-refractivity contribution in [2.45, 2.75) is 0 Å². The molecule has 0 radical (unpaired) electrons. The minimum atomic E-state index is 1.10. The minimum absolute atomic E-state index is 1.10. The van der Waals surface area contributed by atoms with E-state index in [0.717, 1.165) is 19.0 Å². The third-order valence-corrected chi connectivity index (χ3v) is 6.69. The van der Waals surface area contributed by atoms with Gasteiger partial charge in [0.05, 0.1) is 0 Å². The molecule has 0 bridgehead atoms. The third-order valence-electron chi connectivity index (χ3n) is 4.72. The number of benzene rings is 4. The average molecular weight is 516 g/mol. The summed E-state index contributed by atoms with van der Waals surface area (Å²) in [6.45, 7) is 0. The van der Waals surface area contributed by atoms with E-state index in [1.54, 1.807) is 0 Å². The first-order valence-corrected chi connectivity index (χ1v) is 10.2. The molecule has 0 N–H and O–H groups in total. The zero-order valence-electron chi connectivity index (χ0n) is 12.9. The Morgan fingerprint density at radius 3 is 1.80 bits per heavy atom. The average Bonchev–Trinajstić information content (AvgIpc) is 2.64. The Balaban J connectivity index is 2.07. The van der Waals surface area contributed by atoms with Crippen molar-refractivity contribution in [1.82, 2.24) is 4.98 Å². The lowest BCUT2D eigenvalue weighted by molar-refractivity contribution is 1.33. The minimum Gasteiger partial charge on any atom is -0.264 e. The molecule has 1 aromatic heterocycles. The van der Waals surface area contributed by atoms with Gasteiger partial charge in [-0.25, -0.2) is 0 Å². The maximum Gasteiger partial charge on any atom is 0.0346 e. The van der Waals surface area contributed by atoms with E-state index in [4.69, 9.17) is 0 Å². The van der Waals surface area contributed by atoms with Gasteiger partial charge in [0.1, 0.15) is 0 Å². The first-order valence-electron chi connectivity index (χ1n) is 7.80. The van der Waals surface area contributed by atoms with Crippen LogP contribution in [-0.2, 0) is 0 Å². The molecule has 120 valence electrons. The lowest BCUT2D eigenvalue weighted by Gasteiger charge is -2.17. The molecule has 0 aliphatic heterocycles. The highest BCUT2D eigenvalue weighted by molar-refractivity contribution is 9.11. The topological polar surface area (TPSA) is 12.9 Å². The fraction of sp³-hybridized carbons (Fsp3) is 0. The number of aromatic nitrogens is 1. The predicted octanol–water partition coefficient (Wildman–Crippen LogP) is 7.93. The lowest BCUT2D eigenvalue weighted by atomic mass is 9.90. The van der Waals surface area contributed by atoms with Gasteiger partial charge in [0.2, 0.25) is 0 Å². The fourth-order valence-electron chi connectivity index (χ4n) is 3.63. The Labute approximate surface area is 169 Å². The van der Waals surface area contributed by atoms with Crippen LogP contribution in [0.4, 0.5) is 0 Å². The zero-order valence-corrected chi connectivity index (χ0v) is 17.6. The van der Waals surface area contributed by atoms with E-state index in [0.29, 0.717) is 0 Å². The van der Waals surface area contributed by atoms with E-state index in [1.807, 2.05) is 18.5 Å². The summed E-state index contributed by atoms with van der Waals surface area (Å²) in [5.41, 5.74) is 2.32. The highest BCUT2D eigenvalue weighted by Crippen LogP contribution is 2.45. The van der Waals surface area contributed by atoms with Crippen LogP contribution in [0.2, 0.25) is 0 Å². The second-order valence-electron chi connectivity index (χ2n) is 6.06. The maximum absolute atomic E-state index is 4.30. The van der Waals surface area contributed by atoms with E-state index < -0.39 is 0 Å². The number of nitrogens with zero attached hydrogens (tertiary/aromatic N) is 1. The molecule has 0 unspecified atom stereocenters. The first kappa shape index (κ1) is 15.7. The molecule has 4 heteroatoms. The molecule has 5 rings (SSSR count). The van der Waals surface area contributed by atoms with Crippen molar-refractivity contribution >= 4 is 80.1 Å². The summed E-state index contributed by atoms with van der Waals surface area (Å²) in [5, 5.41) is 7.49. The van der Waals surface area contributed by atoms with Crippen LogP contribution in [0.25, 0.3) is 43.4 Å². The van der Waals surface area contributed by atoms with Gasteiger partial charge in [-0.2, -0.15) is 0 Å². The van der Waals surface area contributed by atoms with Gasteiger partial charge in [0.25, 0.3) is 0 Å². The summed E-state index contributed by atoms with van der Waals surface area (Å²) in [7, 11) is 0. The molecule has 1 nitrogen and oxygen atoms in total. The van der Waals surface area contributed by atoms with E-state index in [-0.39, 0.29) is 0 Å². The van der Waals surface area contributed by atoms with Crippen LogP contribution >= 0.6 is 47.8 Å². The molecule has 0 saturated carbocycles. The third kappa shape index (κ3) is 2.28. The number of hydrogen-bond donors (Lipinski definition) is 0. The number of halogens is 3. The monoisotopic (exact) mass is 513 g/mol. The summed E-state index contributed by atoms with van der Waals surface area (Å²) in [5.74, 6) is 0. The van der Waals surface area contributed by atoms with Crippen LogP contribution < -0.4 is 0 Å². The van der Waals surface area contributed by atoms with E-state index >= 15 is 0 Å². The molecule has 0 aliphatic carbocycles. The molecule has 0 saturated heterocycles. The van der Waals surface area contributed by atoms with E-state index in [1.165, 1.54) is 37.9 Å². The van der Waals surface area contributed by atoms with Crippen molar-refractivity contribution in [3.8, 4) is 11.1 Å². The molecule has 4 aromatic carbocycles. The van der Waals surface area contributed by atoms with Gasteiger partial charge in [0.15, 0.2) is 0 Å².